The van der Waals surface area contributed by atoms with E-state index in [1.165, 1.54) is 0 Å². The molecule has 1 amide bonds. The van der Waals surface area contributed by atoms with E-state index in [1.54, 1.807) is 0 Å². The molecule has 5 heteroatoms. The van der Waals surface area contributed by atoms with E-state index in [2.05, 4.69) is 4.90 Å². The van der Waals surface area contributed by atoms with Crippen molar-refractivity contribution in [3.8, 4) is 0 Å². The molecule has 1 saturated heterocycles. The number of hydrogen-bond donors (Lipinski definition) is 2. The minimum atomic E-state index is -0.553. The molecule has 1 aliphatic heterocycles. The Kier molecular flexibility index (Phi) is 3.46. The topological polar surface area (TPSA) is 81.6 Å². The Balaban J connectivity index is 2.24. The first-order valence-electron chi connectivity index (χ1n) is 4.05. The zero-order valence-electron chi connectivity index (χ0n) is 7.03. The number of rotatable bonds is 3. The highest BCUT2D eigenvalue weighted by molar-refractivity contribution is 5.79. The van der Waals surface area contributed by atoms with Gasteiger partial charge in [0.05, 0.1) is 19.3 Å². The summed E-state index contributed by atoms with van der Waals surface area (Å²) in [5.74, 6) is -0.443. The van der Waals surface area contributed by atoms with Crippen LogP contribution in [0.5, 0.6) is 0 Å². The van der Waals surface area contributed by atoms with Crippen LogP contribution in [0, 0.1) is 0 Å². The van der Waals surface area contributed by atoms with Crippen LogP contribution in [-0.2, 0) is 9.53 Å². The molecular formula is C7H15N3O2. The van der Waals surface area contributed by atoms with E-state index in [-0.39, 0.29) is 0 Å². The highest BCUT2D eigenvalue weighted by atomic mass is 16.5. The molecule has 5 nitrogen and oxygen atoms in total. The van der Waals surface area contributed by atoms with Gasteiger partial charge in [0.1, 0.15) is 0 Å². The van der Waals surface area contributed by atoms with Crippen LogP contribution in [0.3, 0.4) is 0 Å². The Labute approximate surface area is 71.6 Å². The zero-order valence-corrected chi connectivity index (χ0v) is 7.03. The molecule has 0 unspecified atom stereocenters. The fraction of sp³-hybridized carbons (Fsp3) is 0.857. The third-order valence-corrected chi connectivity index (χ3v) is 1.92. The third kappa shape index (κ3) is 2.77. The average molecular weight is 173 g/mol. The second-order valence-electron chi connectivity index (χ2n) is 2.92. The van der Waals surface area contributed by atoms with Gasteiger partial charge in [0.25, 0.3) is 0 Å². The summed E-state index contributed by atoms with van der Waals surface area (Å²) in [6, 6.07) is -0.553. The van der Waals surface area contributed by atoms with Gasteiger partial charge in [-0.1, -0.05) is 0 Å². The summed E-state index contributed by atoms with van der Waals surface area (Å²) >= 11 is 0. The lowest BCUT2D eigenvalue weighted by Gasteiger charge is -2.27. The first kappa shape index (κ1) is 9.44. The molecule has 1 aliphatic rings. The number of nitrogens with zero attached hydrogens (tertiary/aromatic N) is 1. The van der Waals surface area contributed by atoms with Gasteiger partial charge >= 0.3 is 0 Å². The van der Waals surface area contributed by atoms with Gasteiger partial charge in [0.15, 0.2) is 0 Å². The summed E-state index contributed by atoms with van der Waals surface area (Å²) < 4.78 is 5.14. The molecule has 1 rings (SSSR count). The van der Waals surface area contributed by atoms with E-state index in [4.69, 9.17) is 16.2 Å². The molecule has 0 spiro atoms. The molecule has 0 bridgehead atoms. The van der Waals surface area contributed by atoms with Crippen molar-refractivity contribution < 1.29 is 9.53 Å². The molecule has 0 aliphatic carbocycles. The van der Waals surface area contributed by atoms with Crippen molar-refractivity contribution in [2.24, 2.45) is 11.5 Å². The molecular weight excluding hydrogens is 158 g/mol. The summed E-state index contributed by atoms with van der Waals surface area (Å²) in [5, 5.41) is 0. The molecule has 1 atom stereocenters. The Morgan fingerprint density at radius 1 is 1.50 bits per heavy atom. The van der Waals surface area contributed by atoms with Crippen LogP contribution in [-0.4, -0.2) is 49.7 Å². The number of morpholine rings is 1. The molecule has 0 saturated carbocycles. The smallest absolute Gasteiger partial charge is 0.235 e. The standard InChI is InChI=1S/C7H15N3O2/c8-6(7(9)11)5-10-1-3-12-4-2-10/h6H,1-5,8H2,(H2,9,11)/t6-/m1/s1. The van der Waals surface area contributed by atoms with Gasteiger partial charge < -0.3 is 16.2 Å². The van der Waals surface area contributed by atoms with Crippen molar-refractivity contribution in [1.82, 2.24) is 4.90 Å². The quantitative estimate of drug-likeness (QED) is 0.524. The van der Waals surface area contributed by atoms with E-state index in [0.29, 0.717) is 19.8 Å². The lowest BCUT2D eigenvalue weighted by atomic mass is 10.2. The van der Waals surface area contributed by atoms with Crippen LogP contribution >= 0.6 is 0 Å². The maximum Gasteiger partial charge on any atom is 0.235 e. The van der Waals surface area contributed by atoms with Crippen LogP contribution < -0.4 is 11.5 Å². The van der Waals surface area contributed by atoms with E-state index in [0.717, 1.165) is 13.1 Å². The summed E-state index contributed by atoms with van der Waals surface area (Å²) in [5.41, 5.74) is 10.5. The Hall–Kier alpha value is -0.650. The van der Waals surface area contributed by atoms with Crippen molar-refractivity contribution in [2.45, 2.75) is 6.04 Å². The van der Waals surface area contributed by atoms with E-state index >= 15 is 0 Å². The van der Waals surface area contributed by atoms with Gasteiger partial charge in [0, 0.05) is 19.6 Å². The van der Waals surface area contributed by atoms with E-state index in [9.17, 15) is 4.79 Å². The van der Waals surface area contributed by atoms with Gasteiger partial charge in [-0.05, 0) is 0 Å². The number of nitrogens with two attached hydrogens (primary N) is 2. The summed E-state index contributed by atoms with van der Waals surface area (Å²) in [6.45, 7) is 3.64. The van der Waals surface area contributed by atoms with Crippen molar-refractivity contribution in [3.05, 3.63) is 0 Å². The first-order valence-corrected chi connectivity index (χ1v) is 4.05. The van der Waals surface area contributed by atoms with Crippen LogP contribution in [0.4, 0.5) is 0 Å². The molecule has 4 N–H and O–H groups in total. The Bertz CT molecular complexity index is 157. The summed E-state index contributed by atoms with van der Waals surface area (Å²) in [7, 11) is 0. The minimum Gasteiger partial charge on any atom is -0.379 e. The maximum atomic E-state index is 10.6. The molecule has 0 aromatic carbocycles. The zero-order chi connectivity index (χ0) is 8.97. The second-order valence-corrected chi connectivity index (χ2v) is 2.92. The van der Waals surface area contributed by atoms with Crippen LogP contribution in [0.1, 0.15) is 0 Å². The van der Waals surface area contributed by atoms with E-state index in [1.807, 2.05) is 0 Å². The van der Waals surface area contributed by atoms with Crippen LogP contribution in [0.2, 0.25) is 0 Å². The predicted molar refractivity (Wildman–Crippen MR) is 44.4 cm³/mol. The highest BCUT2D eigenvalue weighted by Gasteiger charge is 2.16. The van der Waals surface area contributed by atoms with Gasteiger partial charge in [-0.2, -0.15) is 0 Å². The van der Waals surface area contributed by atoms with Crippen molar-refractivity contribution in [2.75, 3.05) is 32.8 Å². The summed E-state index contributed by atoms with van der Waals surface area (Å²) in [4.78, 5) is 12.7. The number of carbonyl (C=O) groups excluding carboxylic acids is 1. The van der Waals surface area contributed by atoms with Crippen LogP contribution in [0.25, 0.3) is 0 Å². The van der Waals surface area contributed by atoms with Gasteiger partial charge in [-0.15, -0.1) is 0 Å². The number of hydrogen-bond acceptors (Lipinski definition) is 4. The third-order valence-electron chi connectivity index (χ3n) is 1.92. The Morgan fingerprint density at radius 2 is 2.08 bits per heavy atom. The second kappa shape index (κ2) is 4.39. The first-order chi connectivity index (χ1) is 5.70. The molecule has 0 aromatic rings. The maximum absolute atomic E-state index is 10.6. The fourth-order valence-electron chi connectivity index (χ4n) is 1.15. The summed E-state index contributed by atoms with van der Waals surface area (Å²) in [6.07, 6.45) is 0. The number of amides is 1. The van der Waals surface area contributed by atoms with Crippen molar-refractivity contribution >= 4 is 5.91 Å². The van der Waals surface area contributed by atoms with E-state index < -0.39 is 11.9 Å². The molecule has 12 heavy (non-hydrogen) atoms. The van der Waals surface area contributed by atoms with Gasteiger partial charge in [-0.25, -0.2) is 0 Å². The predicted octanol–water partition coefficient (Wildman–Crippen LogP) is -1.87. The lowest BCUT2D eigenvalue weighted by Crippen LogP contribution is -2.49. The van der Waals surface area contributed by atoms with Gasteiger partial charge in [-0.3, -0.25) is 9.69 Å². The highest BCUT2D eigenvalue weighted by Crippen LogP contribution is 1.96. The minimum absolute atomic E-state index is 0.443. The molecule has 1 heterocycles. The van der Waals surface area contributed by atoms with Crippen molar-refractivity contribution in [3.63, 3.8) is 0 Å². The average Bonchev–Trinajstić information content (AvgIpc) is 2.06. The Morgan fingerprint density at radius 3 is 2.58 bits per heavy atom. The number of carbonyl (C=O) groups is 1. The van der Waals surface area contributed by atoms with Gasteiger partial charge in [0.2, 0.25) is 5.91 Å². The largest absolute Gasteiger partial charge is 0.379 e. The van der Waals surface area contributed by atoms with Crippen LogP contribution in [0.15, 0.2) is 0 Å². The molecule has 70 valence electrons. The molecule has 0 radical (unpaired) electrons. The van der Waals surface area contributed by atoms with Crippen molar-refractivity contribution in [1.29, 1.82) is 0 Å². The number of primary amides is 1. The normalized spacial score (nSPS) is 22.1. The monoisotopic (exact) mass is 173 g/mol. The number of ether oxygens (including phenoxy) is 1. The molecule has 0 aromatic heterocycles. The lowest BCUT2D eigenvalue weighted by molar-refractivity contribution is -0.119. The fourth-order valence-corrected chi connectivity index (χ4v) is 1.15. The SMILES string of the molecule is NC(=O)[C@H](N)CN1CCOCC1. The molecule has 1 fully saturated rings.